The second kappa shape index (κ2) is 11.5. The summed E-state index contributed by atoms with van der Waals surface area (Å²) in [6, 6.07) is 7.49. The largest absolute Gasteiger partial charge is 0.465 e. The number of carbonyl (C=O) groups excluding carboxylic acids is 1. The van der Waals surface area contributed by atoms with Crippen LogP contribution >= 0.6 is 0 Å². The molecule has 8 heteroatoms. The molecule has 0 bridgehead atoms. The molecule has 0 fully saturated rings. The summed E-state index contributed by atoms with van der Waals surface area (Å²) >= 11 is 0. The van der Waals surface area contributed by atoms with Gasteiger partial charge in [0.15, 0.2) is 0 Å². The lowest BCUT2D eigenvalue weighted by molar-refractivity contribution is -0.383. The molecule has 1 atom stereocenters. The lowest BCUT2D eigenvalue weighted by atomic mass is 10.1. The second-order valence-corrected chi connectivity index (χ2v) is 8.11. The van der Waals surface area contributed by atoms with E-state index in [1.807, 2.05) is 39.0 Å². The monoisotopic (exact) mass is 442 g/mol. The molecule has 0 radical (unpaired) electrons. The number of rotatable bonds is 11. The Bertz CT molecular complexity index is 961. The van der Waals surface area contributed by atoms with Crippen LogP contribution in [0.1, 0.15) is 56.9 Å². The molecule has 0 aliphatic heterocycles. The van der Waals surface area contributed by atoms with Gasteiger partial charge in [-0.15, -0.1) is 0 Å². The third-order valence-corrected chi connectivity index (χ3v) is 5.17. The van der Waals surface area contributed by atoms with E-state index in [0.29, 0.717) is 17.1 Å². The van der Waals surface area contributed by atoms with Gasteiger partial charge in [-0.3, -0.25) is 14.9 Å². The van der Waals surface area contributed by atoms with Crippen LogP contribution < -0.4 is 10.2 Å². The fraction of sp³-hybridized carbons (Fsp3) is 0.500. The Labute approximate surface area is 190 Å². The minimum absolute atomic E-state index is 0.0583. The van der Waals surface area contributed by atoms with Crippen LogP contribution in [-0.4, -0.2) is 35.1 Å². The van der Waals surface area contributed by atoms with E-state index in [0.717, 1.165) is 30.4 Å². The van der Waals surface area contributed by atoms with Crippen LogP contribution in [0.4, 0.5) is 22.9 Å². The third-order valence-electron chi connectivity index (χ3n) is 5.17. The van der Waals surface area contributed by atoms with Crippen LogP contribution in [0.15, 0.2) is 24.3 Å². The highest BCUT2D eigenvalue weighted by atomic mass is 16.6. The Morgan fingerprint density at radius 1 is 1.25 bits per heavy atom. The average Bonchev–Trinajstić information content (AvgIpc) is 2.70. The smallest absolute Gasteiger partial charge is 0.334 e. The molecule has 0 saturated heterocycles. The number of nitrogens with zero attached hydrogens (tertiary/aromatic N) is 3. The van der Waals surface area contributed by atoms with Gasteiger partial charge in [0.1, 0.15) is 12.2 Å². The maximum atomic E-state index is 12.4. The lowest BCUT2D eigenvalue weighted by Crippen LogP contribution is -2.29. The number of ether oxygens (including phenoxy) is 1. The van der Waals surface area contributed by atoms with Crippen molar-refractivity contribution in [3.63, 3.8) is 0 Å². The van der Waals surface area contributed by atoms with Crippen LogP contribution in [0.3, 0.4) is 0 Å². The quantitative estimate of drug-likeness (QED) is 0.274. The normalized spacial score (nSPS) is 11.7. The number of benzene rings is 1. The van der Waals surface area contributed by atoms with Gasteiger partial charge in [0.25, 0.3) is 0 Å². The maximum Gasteiger partial charge on any atom is 0.334 e. The molecule has 0 spiro atoms. The number of carbonyl (C=O) groups is 1. The first kappa shape index (κ1) is 25.1. The zero-order valence-corrected chi connectivity index (χ0v) is 19.9. The summed E-state index contributed by atoms with van der Waals surface area (Å²) < 4.78 is 5.15. The van der Waals surface area contributed by atoms with E-state index in [4.69, 9.17) is 4.74 Å². The summed E-state index contributed by atoms with van der Waals surface area (Å²) in [6.07, 6.45) is 2.97. The highest BCUT2D eigenvalue weighted by Gasteiger charge is 2.30. The maximum absolute atomic E-state index is 12.4. The summed E-state index contributed by atoms with van der Waals surface area (Å²) in [4.78, 5) is 30.3. The molecule has 0 aliphatic carbocycles. The molecule has 2 rings (SSSR count). The molecule has 1 aromatic heterocycles. The van der Waals surface area contributed by atoms with Crippen LogP contribution in [0, 0.1) is 30.9 Å². The minimum Gasteiger partial charge on any atom is -0.465 e. The number of nitrogens with one attached hydrogen (secondary N) is 1. The van der Waals surface area contributed by atoms with Gasteiger partial charge in [-0.2, -0.15) is 0 Å². The number of anilines is 3. The Hall–Kier alpha value is -3.16. The van der Waals surface area contributed by atoms with Gasteiger partial charge in [0.2, 0.25) is 5.82 Å². The van der Waals surface area contributed by atoms with E-state index in [9.17, 15) is 14.9 Å². The lowest BCUT2D eigenvalue weighted by Gasteiger charge is -2.26. The standard InChI is InChI=1S/C24H34N4O4/c1-7-9-10-18(5)25-20-14-19(6)26-24(23(20)28(30)31)27(15-22(29)32-8-2)21-12-11-16(3)13-17(21)4/h11-14,18H,7-10,15H2,1-6H3,(H,25,26). The van der Waals surface area contributed by atoms with Gasteiger partial charge in [-0.1, -0.05) is 37.5 Å². The van der Waals surface area contributed by atoms with Gasteiger partial charge < -0.3 is 15.0 Å². The molecule has 0 amide bonds. The second-order valence-electron chi connectivity index (χ2n) is 8.11. The first-order valence-electron chi connectivity index (χ1n) is 11.1. The molecule has 1 unspecified atom stereocenters. The fourth-order valence-electron chi connectivity index (χ4n) is 3.69. The van der Waals surface area contributed by atoms with Crippen LogP contribution in [0.2, 0.25) is 0 Å². The summed E-state index contributed by atoms with van der Waals surface area (Å²) in [6.45, 7) is 11.6. The molecule has 2 aromatic rings. The zero-order chi connectivity index (χ0) is 23.8. The van der Waals surface area contributed by atoms with E-state index >= 15 is 0 Å². The number of unbranched alkanes of at least 4 members (excludes halogenated alkanes) is 1. The molecule has 8 nitrogen and oxygen atoms in total. The van der Waals surface area contributed by atoms with Gasteiger partial charge in [-0.25, -0.2) is 4.98 Å². The summed E-state index contributed by atoms with van der Waals surface area (Å²) in [5, 5.41) is 15.5. The molecule has 174 valence electrons. The SMILES string of the molecule is CCCCC(C)Nc1cc(C)nc(N(CC(=O)OCC)c2ccc(C)cc2C)c1[N+](=O)[O-]. The summed E-state index contributed by atoms with van der Waals surface area (Å²) in [5.41, 5.74) is 3.49. The van der Waals surface area contributed by atoms with Gasteiger partial charge in [-0.05, 0) is 58.7 Å². The first-order chi connectivity index (χ1) is 15.2. The molecular weight excluding hydrogens is 408 g/mol. The van der Waals surface area contributed by atoms with E-state index in [2.05, 4.69) is 17.2 Å². The molecule has 32 heavy (non-hydrogen) atoms. The predicted molar refractivity (Wildman–Crippen MR) is 128 cm³/mol. The highest BCUT2D eigenvalue weighted by Crippen LogP contribution is 2.39. The average molecular weight is 443 g/mol. The van der Waals surface area contributed by atoms with Crippen molar-refractivity contribution in [1.82, 2.24) is 4.98 Å². The summed E-state index contributed by atoms with van der Waals surface area (Å²) in [7, 11) is 0. The Morgan fingerprint density at radius 3 is 2.56 bits per heavy atom. The topological polar surface area (TPSA) is 97.6 Å². The van der Waals surface area contributed by atoms with Crippen molar-refractivity contribution in [1.29, 1.82) is 0 Å². The van der Waals surface area contributed by atoms with Crippen molar-refractivity contribution < 1.29 is 14.5 Å². The van der Waals surface area contributed by atoms with Crippen molar-refractivity contribution in [3.05, 3.63) is 51.2 Å². The molecule has 1 N–H and O–H groups in total. The van der Waals surface area contributed by atoms with Crippen molar-refractivity contribution in [3.8, 4) is 0 Å². The van der Waals surface area contributed by atoms with Crippen LogP contribution in [0.25, 0.3) is 0 Å². The molecule has 1 heterocycles. The predicted octanol–water partition coefficient (Wildman–Crippen LogP) is 5.61. The third kappa shape index (κ3) is 6.42. The summed E-state index contributed by atoms with van der Waals surface area (Å²) in [5.74, 6) is -0.351. The number of hydrogen-bond donors (Lipinski definition) is 1. The van der Waals surface area contributed by atoms with Crippen molar-refractivity contribution in [2.45, 2.75) is 66.8 Å². The number of nitro groups is 1. The minimum atomic E-state index is -0.476. The molecular formula is C24H34N4O4. The zero-order valence-electron chi connectivity index (χ0n) is 19.9. The molecule has 0 saturated carbocycles. The first-order valence-corrected chi connectivity index (χ1v) is 11.1. The van der Waals surface area contributed by atoms with E-state index < -0.39 is 10.9 Å². The van der Waals surface area contributed by atoms with Gasteiger partial charge >= 0.3 is 11.7 Å². The Morgan fingerprint density at radius 2 is 1.97 bits per heavy atom. The van der Waals surface area contributed by atoms with Gasteiger partial charge in [0, 0.05) is 17.4 Å². The highest BCUT2D eigenvalue weighted by molar-refractivity contribution is 5.85. The van der Waals surface area contributed by atoms with Crippen LogP contribution in [-0.2, 0) is 9.53 Å². The number of hydrogen-bond acceptors (Lipinski definition) is 7. The number of esters is 1. The van der Waals surface area contributed by atoms with Crippen LogP contribution in [0.5, 0.6) is 0 Å². The van der Waals surface area contributed by atoms with E-state index in [1.54, 1.807) is 24.8 Å². The Kier molecular flexibility index (Phi) is 8.99. The number of pyridine rings is 1. The van der Waals surface area contributed by atoms with Crippen molar-refractivity contribution in [2.75, 3.05) is 23.4 Å². The number of aryl methyl sites for hydroxylation is 3. The van der Waals surface area contributed by atoms with Crippen molar-refractivity contribution >= 4 is 28.8 Å². The van der Waals surface area contributed by atoms with E-state index in [1.165, 1.54) is 0 Å². The fourth-order valence-corrected chi connectivity index (χ4v) is 3.69. The molecule has 0 aliphatic rings. The van der Waals surface area contributed by atoms with E-state index in [-0.39, 0.29) is 30.7 Å². The van der Waals surface area contributed by atoms with Crippen molar-refractivity contribution in [2.24, 2.45) is 0 Å². The van der Waals surface area contributed by atoms with Gasteiger partial charge in [0.05, 0.1) is 11.5 Å². The molecule has 1 aromatic carbocycles. The number of aromatic nitrogens is 1. The Balaban J connectivity index is 2.65.